The molecule has 0 heterocycles. The monoisotopic (exact) mass is 296 g/mol. The van der Waals surface area contributed by atoms with Crippen molar-refractivity contribution >= 4 is 5.97 Å². The molecular weight excluding hydrogens is 272 g/mol. The maximum Gasteiger partial charge on any atom is 0.341 e. The molecule has 0 bridgehead atoms. The van der Waals surface area contributed by atoms with Crippen LogP contribution in [0.2, 0.25) is 0 Å². The van der Waals surface area contributed by atoms with E-state index in [1.54, 1.807) is 6.07 Å². The zero-order valence-corrected chi connectivity index (χ0v) is 12.9. The summed E-state index contributed by atoms with van der Waals surface area (Å²) in [5.41, 5.74) is 0.889. The van der Waals surface area contributed by atoms with Crippen LogP contribution in [0.1, 0.15) is 12.0 Å². The smallest absolute Gasteiger partial charge is 0.341 e. The van der Waals surface area contributed by atoms with Gasteiger partial charge < -0.3 is 24.8 Å². The van der Waals surface area contributed by atoms with Crippen LogP contribution in [-0.4, -0.2) is 56.9 Å². The molecule has 0 amide bonds. The molecule has 0 saturated carbocycles. The van der Waals surface area contributed by atoms with E-state index in [0.29, 0.717) is 18.0 Å². The third kappa shape index (κ3) is 6.46. The Labute approximate surface area is 125 Å². The molecule has 2 N–H and O–H groups in total. The number of nitrogens with one attached hydrogen (secondary N) is 1. The Balaban J connectivity index is 2.60. The topological polar surface area (TPSA) is 71.0 Å². The summed E-state index contributed by atoms with van der Waals surface area (Å²) in [5.74, 6) is 0.0251. The lowest BCUT2D eigenvalue weighted by Gasteiger charge is -2.15. The summed E-state index contributed by atoms with van der Waals surface area (Å²) in [6.45, 7) is 2.13. The Kier molecular flexibility index (Phi) is 7.56. The van der Waals surface area contributed by atoms with Gasteiger partial charge in [0, 0.05) is 12.1 Å². The fraction of sp³-hybridized carbons (Fsp3) is 0.533. The molecule has 0 atom stereocenters. The van der Waals surface area contributed by atoms with Crippen LogP contribution in [0.15, 0.2) is 18.2 Å². The molecule has 0 aliphatic carbocycles. The lowest BCUT2D eigenvalue weighted by atomic mass is 10.2. The number of benzene rings is 1. The average molecular weight is 296 g/mol. The summed E-state index contributed by atoms with van der Waals surface area (Å²) in [6.07, 6.45) is 1.04. The van der Waals surface area contributed by atoms with Gasteiger partial charge >= 0.3 is 5.97 Å². The minimum atomic E-state index is -1.01. The minimum Gasteiger partial charge on any atom is -0.493 e. The van der Waals surface area contributed by atoms with Crippen LogP contribution in [0.5, 0.6) is 11.5 Å². The van der Waals surface area contributed by atoms with Gasteiger partial charge in [0.05, 0.1) is 7.11 Å². The Bertz CT molecular complexity index is 449. The van der Waals surface area contributed by atoms with E-state index >= 15 is 0 Å². The van der Waals surface area contributed by atoms with Gasteiger partial charge in [-0.3, -0.25) is 0 Å². The van der Waals surface area contributed by atoms with Gasteiger partial charge in [0.25, 0.3) is 0 Å². The van der Waals surface area contributed by atoms with Gasteiger partial charge in [0.2, 0.25) is 0 Å². The largest absolute Gasteiger partial charge is 0.493 e. The van der Waals surface area contributed by atoms with Crippen LogP contribution < -0.4 is 14.8 Å². The highest BCUT2D eigenvalue weighted by atomic mass is 16.5. The minimum absolute atomic E-state index is 0.381. The number of rotatable bonds is 10. The quantitative estimate of drug-likeness (QED) is 0.632. The molecule has 21 heavy (non-hydrogen) atoms. The van der Waals surface area contributed by atoms with Crippen LogP contribution in [0, 0.1) is 0 Å². The summed E-state index contributed by atoms with van der Waals surface area (Å²) in [4.78, 5) is 12.8. The summed E-state index contributed by atoms with van der Waals surface area (Å²) in [7, 11) is 5.62. The number of carboxylic acid groups (broad SMARTS) is 1. The molecule has 6 nitrogen and oxygen atoms in total. The van der Waals surface area contributed by atoms with Crippen LogP contribution in [-0.2, 0) is 11.3 Å². The maximum absolute atomic E-state index is 10.7. The van der Waals surface area contributed by atoms with Crippen molar-refractivity contribution in [3.8, 4) is 11.5 Å². The van der Waals surface area contributed by atoms with Crippen LogP contribution in [0.3, 0.4) is 0 Å². The number of methoxy groups -OCH3 is 1. The highest BCUT2D eigenvalue weighted by Gasteiger charge is 2.11. The number of hydrogen-bond donors (Lipinski definition) is 2. The average Bonchev–Trinajstić information content (AvgIpc) is 2.44. The molecule has 0 unspecified atom stereocenters. The first-order valence-electron chi connectivity index (χ1n) is 6.90. The zero-order valence-electron chi connectivity index (χ0n) is 12.9. The van der Waals surface area contributed by atoms with Gasteiger partial charge in [-0.2, -0.15) is 0 Å². The van der Waals surface area contributed by atoms with E-state index in [9.17, 15) is 4.79 Å². The Hall–Kier alpha value is -1.79. The number of carboxylic acids is 1. The van der Waals surface area contributed by atoms with Crippen LogP contribution in [0.25, 0.3) is 0 Å². The van der Waals surface area contributed by atoms with E-state index < -0.39 is 5.97 Å². The molecule has 0 radical (unpaired) electrons. The van der Waals surface area contributed by atoms with E-state index in [1.807, 2.05) is 26.2 Å². The molecule has 0 aliphatic heterocycles. The van der Waals surface area contributed by atoms with Crippen molar-refractivity contribution in [3.63, 3.8) is 0 Å². The standard InChI is InChI=1S/C15H24N2O4/c1-17(2)9-5-8-16-10-12-6-4-7-13(20-3)15(12)21-11-14(18)19/h4,6-7,16H,5,8-11H2,1-3H3,(H,18,19). The van der Waals surface area contributed by atoms with Crippen molar-refractivity contribution in [1.82, 2.24) is 10.2 Å². The molecule has 0 saturated heterocycles. The summed E-state index contributed by atoms with van der Waals surface area (Å²) in [5, 5.41) is 12.1. The molecule has 6 heteroatoms. The van der Waals surface area contributed by atoms with Crippen molar-refractivity contribution < 1.29 is 19.4 Å². The van der Waals surface area contributed by atoms with Crippen molar-refractivity contribution in [1.29, 1.82) is 0 Å². The molecule has 118 valence electrons. The van der Waals surface area contributed by atoms with Gasteiger partial charge in [0.15, 0.2) is 18.1 Å². The SMILES string of the molecule is COc1cccc(CNCCCN(C)C)c1OCC(=O)O. The van der Waals surface area contributed by atoms with Gasteiger partial charge in [-0.1, -0.05) is 12.1 Å². The van der Waals surface area contributed by atoms with Crippen molar-refractivity contribution in [3.05, 3.63) is 23.8 Å². The molecule has 1 rings (SSSR count). The zero-order chi connectivity index (χ0) is 15.7. The van der Waals surface area contributed by atoms with Gasteiger partial charge in [-0.05, 0) is 39.7 Å². The van der Waals surface area contributed by atoms with Crippen molar-refractivity contribution in [2.24, 2.45) is 0 Å². The van der Waals surface area contributed by atoms with E-state index in [4.69, 9.17) is 14.6 Å². The molecule has 1 aromatic carbocycles. The van der Waals surface area contributed by atoms with E-state index in [0.717, 1.165) is 25.1 Å². The van der Waals surface area contributed by atoms with Crippen molar-refractivity contribution in [2.75, 3.05) is 40.9 Å². The predicted octanol–water partition coefficient (Wildman–Crippen LogP) is 1.20. The number of ether oxygens (including phenoxy) is 2. The lowest BCUT2D eigenvalue weighted by Crippen LogP contribution is -2.21. The van der Waals surface area contributed by atoms with Gasteiger partial charge in [0.1, 0.15) is 0 Å². The molecular formula is C15H24N2O4. The number of hydrogen-bond acceptors (Lipinski definition) is 5. The van der Waals surface area contributed by atoms with E-state index in [1.165, 1.54) is 7.11 Å². The van der Waals surface area contributed by atoms with Crippen molar-refractivity contribution in [2.45, 2.75) is 13.0 Å². The Morgan fingerprint density at radius 2 is 2.14 bits per heavy atom. The maximum atomic E-state index is 10.7. The molecule has 0 spiro atoms. The molecule has 0 aliphatic rings. The highest BCUT2D eigenvalue weighted by molar-refractivity contribution is 5.68. The third-order valence-electron chi connectivity index (χ3n) is 2.89. The second-order valence-corrected chi connectivity index (χ2v) is 4.96. The lowest BCUT2D eigenvalue weighted by molar-refractivity contribution is -0.139. The highest BCUT2D eigenvalue weighted by Crippen LogP contribution is 2.30. The first kappa shape index (κ1) is 17.3. The van der Waals surface area contributed by atoms with Crippen LogP contribution in [0.4, 0.5) is 0 Å². The predicted molar refractivity (Wildman–Crippen MR) is 81.0 cm³/mol. The van der Waals surface area contributed by atoms with Gasteiger partial charge in [-0.15, -0.1) is 0 Å². The number of para-hydroxylation sites is 1. The molecule has 1 aromatic rings. The third-order valence-corrected chi connectivity index (χ3v) is 2.89. The van der Waals surface area contributed by atoms with Gasteiger partial charge in [-0.25, -0.2) is 4.79 Å². The first-order valence-corrected chi connectivity index (χ1v) is 6.90. The van der Waals surface area contributed by atoms with E-state index in [2.05, 4.69) is 10.2 Å². The molecule has 0 fully saturated rings. The summed E-state index contributed by atoms with van der Waals surface area (Å²) >= 11 is 0. The number of aliphatic carboxylic acids is 1. The normalized spacial score (nSPS) is 10.7. The number of nitrogens with zero attached hydrogens (tertiary/aromatic N) is 1. The fourth-order valence-electron chi connectivity index (χ4n) is 1.90. The fourth-order valence-corrected chi connectivity index (χ4v) is 1.90. The second kappa shape index (κ2) is 9.20. The number of carbonyl (C=O) groups is 1. The van der Waals surface area contributed by atoms with Crippen LogP contribution >= 0.6 is 0 Å². The Morgan fingerprint density at radius 3 is 2.76 bits per heavy atom. The second-order valence-electron chi connectivity index (χ2n) is 4.96. The van der Waals surface area contributed by atoms with E-state index in [-0.39, 0.29) is 6.61 Å². The Morgan fingerprint density at radius 1 is 1.38 bits per heavy atom. The summed E-state index contributed by atoms with van der Waals surface area (Å²) < 4.78 is 10.6. The molecule has 0 aromatic heterocycles. The summed E-state index contributed by atoms with van der Waals surface area (Å²) in [6, 6.07) is 5.52. The first-order chi connectivity index (χ1) is 10.0.